The first-order valence-corrected chi connectivity index (χ1v) is 4.60. The fourth-order valence-electron chi connectivity index (χ4n) is 1.12. The number of thioether (sulfide) groups is 1. The van der Waals surface area contributed by atoms with Gasteiger partial charge in [-0.1, -0.05) is 25.6 Å². The Kier molecular flexibility index (Phi) is 2.60. The molecule has 10 heavy (non-hydrogen) atoms. The Morgan fingerprint density at radius 3 is 2.90 bits per heavy atom. The van der Waals surface area contributed by atoms with E-state index < -0.39 is 0 Å². The van der Waals surface area contributed by atoms with E-state index in [4.69, 9.17) is 0 Å². The molecule has 0 radical (unpaired) electrons. The van der Waals surface area contributed by atoms with Gasteiger partial charge in [0.2, 0.25) is 0 Å². The highest BCUT2D eigenvalue weighted by Crippen LogP contribution is 2.18. The van der Waals surface area contributed by atoms with E-state index in [1.165, 1.54) is 11.8 Å². The monoisotopic (exact) mass is 159 g/mol. The number of hydrogen-bond acceptors (Lipinski definition) is 2. The van der Waals surface area contributed by atoms with E-state index in [0.717, 1.165) is 12.2 Å². The van der Waals surface area contributed by atoms with Crippen LogP contribution in [0.25, 0.3) is 0 Å². The molecule has 1 aliphatic rings. The summed E-state index contributed by atoms with van der Waals surface area (Å²) in [6.45, 7) is 4.35. The van der Waals surface area contributed by atoms with Gasteiger partial charge in [0.05, 0.1) is 0 Å². The van der Waals surface area contributed by atoms with Crippen LogP contribution in [0.15, 0.2) is 0 Å². The van der Waals surface area contributed by atoms with Crippen molar-refractivity contribution in [1.29, 1.82) is 0 Å². The highest BCUT2D eigenvalue weighted by atomic mass is 32.2. The predicted molar refractivity (Wildman–Crippen MR) is 44.2 cm³/mol. The maximum absolute atomic E-state index is 10.7. The lowest BCUT2D eigenvalue weighted by Gasteiger charge is -2.10. The Hall–Kier alpha value is -0.180. The highest BCUT2D eigenvalue weighted by Gasteiger charge is 2.21. The summed E-state index contributed by atoms with van der Waals surface area (Å²) < 4.78 is 0. The Balaban J connectivity index is 2.24. The first kappa shape index (κ1) is 7.92. The SMILES string of the molecule is CC(C)C[C@H]1CSC(=O)N1. The fraction of sp³-hybridized carbons (Fsp3) is 0.857. The molecule has 1 N–H and O–H groups in total. The molecule has 58 valence electrons. The molecule has 0 aromatic heterocycles. The van der Waals surface area contributed by atoms with Gasteiger partial charge in [-0.3, -0.25) is 4.79 Å². The van der Waals surface area contributed by atoms with Gasteiger partial charge < -0.3 is 5.32 Å². The number of carbonyl (C=O) groups is 1. The molecule has 0 aromatic rings. The molecule has 0 aromatic carbocycles. The quantitative estimate of drug-likeness (QED) is 0.666. The van der Waals surface area contributed by atoms with Crippen LogP contribution in [0.5, 0.6) is 0 Å². The number of hydrogen-bond donors (Lipinski definition) is 1. The van der Waals surface area contributed by atoms with Crippen LogP contribution in [0, 0.1) is 5.92 Å². The van der Waals surface area contributed by atoms with Crippen LogP contribution in [-0.4, -0.2) is 17.0 Å². The van der Waals surface area contributed by atoms with E-state index in [9.17, 15) is 4.79 Å². The third kappa shape index (κ3) is 2.21. The average molecular weight is 159 g/mol. The van der Waals surface area contributed by atoms with Crippen molar-refractivity contribution in [2.75, 3.05) is 5.75 Å². The van der Waals surface area contributed by atoms with Crippen molar-refractivity contribution in [3.05, 3.63) is 0 Å². The lowest BCUT2D eigenvalue weighted by atomic mass is 10.1. The van der Waals surface area contributed by atoms with Crippen LogP contribution in [-0.2, 0) is 0 Å². The van der Waals surface area contributed by atoms with Crippen molar-refractivity contribution in [1.82, 2.24) is 5.32 Å². The van der Waals surface area contributed by atoms with E-state index >= 15 is 0 Å². The van der Waals surface area contributed by atoms with Crippen molar-refractivity contribution >= 4 is 17.0 Å². The molecule has 0 bridgehead atoms. The van der Waals surface area contributed by atoms with Gasteiger partial charge in [0.15, 0.2) is 0 Å². The molecule has 1 amide bonds. The standard InChI is InChI=1S/C7H13NOS/c1-5(2)3-6-4-10-7(9)8-6/h5-6H,3-4H2,1-2H3,(H,8,9)/t6-/m0/s1. The lowest BCUT2D eigenvalue weighted by Crippen LogP contribution is -2.27. The van der Waals surface area contributed by atoms with Crippen LogP contribution in [0.4, 0.5) is 4.79 Å². The van der Waals surface area contributed by atoms with E-state index in [1.807, 2.05) is 0 Å². The van der Waals surface area contributed by atoms with Gasteiger partial charge in [0.25, 0.3) is 5.24 Å². The Morgan fingerprint density at radius 2 is 2.50 bits per heavy atom. The molecule has 0 spiro atoms. The minimum Gasteiger partial charge on any atom is -0.343 e. The average Bonchev–Trinajstić information content (AvgIpc) is 2.13. The molecule has 0 unspecified atom stereocenters. The zero-order valence-corrected chi connectivity index (χ0v) is 7.20. The van der Waals surface area contributed by atoms with Gasteiger partial charge in [-0.15, -0.1) is 0 Å². The maximum Gasteiger partial charge on any atom is 0.279 e. The summed E-state index contributed by atoms with van der Waals surface area (Å²) in [5.41, 5.74) is 0. The highest BCUT2D eigenvalue weighted by molar-refractivity contribution is 8.13. The molecule has 1 saturated heterocycles. The topological polar surface area (TPSA) is 29.1 Å². The van der Waals surface area contributed by atoms with Crippen LogP contribution < -0.4 is 5.32 Å². The van der Waals surface area contributed by atoms with Crippen LogP contribution in [0.2, 0.25) is 0 Å². The summed E-state index contributed by atoms with van der Waals surface area (Å²) in [7, 11) is 0. The second kappa shape index (κ2) is 3.28. The minimum absolute atomic E-state index is 0.144. The largest absolute Gasteiger partial charge is 0.343 e. The maximum atomic E-state index is 10.7. The van der Waals surface area contributed by atoms with E-state index in [-0.39, 0.29) is 5.24 Å². The van der Waals surface area contributed by atoms with Crippen molar-refractivity contribution in [2.45, 2.75) is 26.3 Å². The molecular weight excluding hydrogens is 146 g/mol. The summed E-state index contributed by atoms with van der Waals surface area (Å²) in [5, 5.41) is 3.05. The van der Waals surface area contributed by atoms with Gasteiger partial charge in [-0.2, -0.15) is 0 Å². The Bertz CT molecular complexity index is 136. The van der Waals surface area contributed by atoms with Crippen LogP contribution in [0.3, 0.4) is 0 Å². The number of carbonyl (C=O) groups excluding carboxylic acids is 1. The van der Waals surface area contributed by atoms with Crippen LogP contribution in [0.1, 0.15) is 20.3 Å². The van der Waals surface area contributed by atoms with Gasteiger partial charge in [-0.05, 0) is 12.3 Å². The number of amides is 1. The molecule has 1 fully saturated rings. The Labute approximate surface area is 65.8 Å². The predicted octanol–water partition coefficient (Wildman–Crippen LogP) is 1.86. The minimum atomic E-state index is 0.144. The molecule has 2 nitrogen and oxygen atoms in total. The van der Waals surface area contributed by atoms with E-state index in [0.29, 0.717) is 12.0 Å². The summed E-state index contributed by atoms with van der Waals surface area (Å²) in [6, 6.07) is 0.428. The summed E-state index contributed by atoms with van der Waals surface area (Å²) in [4.78, 5) is 10.7. The summed E-state index contributed by atoms with van der Waals surface area (Å²) >= 11 is 1.40. The smallest absolute Gasteiger partial charge is 0.279 e. The molecule has 1 rings (SSSR count). The molecule has 1 atom stereocenters. The Morgan fingerprint density at radius 1 is 1.80 bits per heavy atom. The molecule has 1 heterocycles. The second-order valence-electron chi connectivity index (χ2n) is 3.07. The first-order valence-electron chi connectivity index (χ1n) is 3.62. The number of rotatable bonds is 2. The van der Waals surface area contributed by atoms with Crippen LogP contribution >= 0.6 is 11.8 Å². The fourth-order valence-corrected chi connectivity index (χ4v) is 1.94. The zero-order valence-electron chi connectivity index (χ0n) is 6.39. The third-order valence-corrected chi connectivity index (χ3v) is 2.44. The molecule has 1 aliphatic heterocycles. The molecule has 3 heteroatoms. The van der Waals surface area contributed by atoms with Crippen molar-refractivity contribution in [2.24, 2.45) is 5.92 Å². The first-order chi connectivity index (χ1) is 4.68. The van der Waals surface area contributed by atoms with Crippen molar-refractivity contribution in [3.63, 3.8) is 0 Å². The van der Waals surface area contributed by atoms with E-state index in [2.05, 4.69) is 19.2 Å². The van der Waals surface area contributed by atoms with Crippen molar-refractivity contribution in [3.8, 4) is 0 Å². The lowest BCUT2D eigenvalue weighted by molar-refractivity contribution is 0.259. The summed E-state index contributed by atoms with van der Waals surface area (Å²) in [5.74, 6) is 1.64. The van der Waals surface area contributed by atoms with Gasteiger partial charge in [0.1, 0.15) is 0 Å². The summed E-state index contributed by atoms with van der Waals surface area (Å²) in [6.07, 6.45) is 1.11. The van der Waals surface area contributed by atoms with Crippen molar-refractivity contribution < 1.29 is 4.79 Å². The number of nitrogens with one attached hydrogen (secondary N) is 1. The zero-order chi connectivity index (χ0) is 7.56. The molecule has 0 saturated carbocycles. The third-order valence-electron chi connectivity index (χ3n) is 1.49. The molecule has 0 aliphatic carbocycles. The normalized spacial score (nSPS) is 25.5. The van der Waals surface area contributed by atoms with Gasteiger partial charge in [-0.25, -0.2) is 0 Å². The molecular formula is C7H13NOS. The second-order valence-corrected chi connectivity index (χ2v) is 4.06. The van der Waals surface area contributed by atoms with E-state index in [1.54, 1.807) is 0 Å². The van der Waals surface area contributed by atoms with Gasteiger partial charge in [0, 0.05) is 11.8 Å². The van der Waals surface area contributed by atoms with Gasteiger partial charge >= 0.3 is 0 Å².